The highest BCUT2D eigenvalue weighted by Crippen LogP contribution is 2.48. The molecule has 20 heavy (non-hydrogen) atoms. The van der Waals surface area contributed by atoms with Gasteiger partial charge in [-0.25, -0.2) is 4.39 Å². The van der Waals surface area contributed by atoms with Crippen LogP contribution in [0, 0.1) is 5.82 Å². The van der Waals surface area contributed by atoms with Crippen molar-refractivity contribution in [3.05, 3.63) is 58.0 Å². The quantitative estimate of drug-likeness (QED) is 0.899. The summed E-state index contributed by atoms with van der Waals surface area (Å²) in [6.07, 6.45) is 2.56. The van der Waals surface area contributed by atoms with E-state index in [0.29, 0.717) is 6.54 Å². The molecular weight excluding hydrogens is 273 g/mol. The average molecular weight is 289 g/mol. The molecule has 0 saturated heterocycles. The molecule has 1 heterocycles. The number of amides is 1. The largest absolute Gasteiger partial charge is 0.355 e. The van der Waals surface area contributed by atoms with Gasteiger partial charge in [0.25, 0.3) is 0 Å². The van der Waals surface area contributed by atoms with E-state index in [9.17, 15) is 9.18 Å². The van der Waals surface area contributed by atoms with Crippen LogP contribution in [0.25, 0.3) is 0 Å². The smallest absolute Gasteiger partial charge is 0.230 e. The Morgan fingerprint density at radius 2 is 2.00 bits per heavy atom. The highest BCUT2D eigenvalue weighted by Gasteiger charge is 2.50. The van der Waals surface area contributed by atoms with Crippen molar-refractivity contribution in [2.45, 2.75) is 24.7 Å². The second kappa shape index (κ2) is 5.37. The number of rotatable bonds is 5. The Kier molecular flexibility index (Phi) is 3.57. The summed E-state index contributed by atoms with van der Waals surface area (Å²) in [7, 11) is 0. The van der Waals surface area contributed by atoms with Gasteiger partial charge in [0.05, 0.1) is 5.41 Å². The lowest BCUT2D eigenvalue weighted by Crippen LogP contribution is -2.35. The Labute approximate surface area is 121 Å². The van der Waals surface area contributed by atoms with Crippen LogP contribution in [0.15, 0.2) is 41.1 Å². The molecule has 104 valence electrons. The number of carbonyl (C=O) groups is 1. The third-order valence-corrected chi connectivity index (χ3v) is 4.59. The molecule has 1 aromatic carbocycles. The van der Waals surface area contributed by atoms with Gasteiger partial charge in [-0.15, -0.1) is 0 Å². The number of halogens is 1. The van der Waals surface area contributed by atoms with Crippen molar-refractivity contribution in [1.29, 1.82) is 0 Å². The van der Waals surface area contributed by atoms with Crippen molar-refractivity contribution in [3.8, 4) is 0 Å². The van der Waals surface area contributed by atoms with E-state index >= 15 is 0 Å². The van der Waals surface area contributed by atoms with Crippen LogP contribution in [-0.4, -0.2) is 12.5 Å². The highest BCUT2D eigenvalue weighted by atomic mass is 32.1. The topological polar surface area (TPSA) is 29.1 Å². The maximum atomic E-state index is 13.0. The minimum Gasteiger partial charge on any atom is -0.355 e. The van der Waals surface area contributed by atoms with E-state index in [1.807, 2.05) is 5.38 Å². The molecule has 0 aliphatic heterocycles. The van der Waals surface area contributed by atoms with E-state index in [2.05, 4.69) is 16.8 Å². The van der Waals surface area contributed by atoms with Gasteiger partial charge in [0.1, 0.15) is 5.82 Å². The van der Waals surface area contributed by atoms with Crippen LogP contribution in [0.2, 0.25) is 0 Å². The van der Waals surface area contributed by atoms with Gasteiger partial charge in [-0.1, -0.05) is 12.1 Å². The maximum Gasteiger partial charge on any atom is 0.230 e. The van der Waals surface area contributed by atoms with Crippen molar-refractivity contribution >= 4 is 17.2 Å². The van der Waals surface area contributed by atoms with Crippen molar-refractivity contribution in [2.75, 3.05) is 6.54 Å². The summed E-state index contributed by atoms with van der Waals surface area (Å²) < 4.78 is 13.0. The molecule has 1 aliphatic rings. The van der Waals surface area contributed by atoms with E-state index in [4.69, 9.17) is 0 Å². The maximum absolute atomic E-state index is 13.0. The highest BCUT2D eigenvalue weighted by molar-refractivity contribution is 7.07. The third-order valence-electron chi connectivity index (χ3n) is 3.86. The average Bonchev–Trinajstić information content (AvgIpc) is 3.10. The van der Waals surface area contributed by atoms with Crippen LogP contribution in [0.3, 0.4) is 0 Å². The zero-order valence-electron chi connectivity index (χ0n) is 11.1. The molecule has 2 aromatic rings. The molecule has 1 N–H and O–H groups in total. The molecule has 1 saturated carbocycles. The van der Waals surface area contributed by atoms with Gasteiger partial charge in [-0.2, -0.15) is 11.3 Å². The van der Waals surface area contributed by atoms with E-state index in [0.717, 1.165) is 24.8 Å². The SMILES string of the molecule is O=C(NCCc1ccsc1)C1(c2ccc(F)cc2)CC1. The van der Waals surface area contributed by atoms with E-state index in [-0.39, 0.29) is 11.7 Å². The predicted molar refractivity (Wildman–Crippen MR) is 78.3 cm³/mol. The first-order valence-electron chi connectivity index (χ1n) is 6.76. The van der Waals surface area contributed by atoms with E-state index < -0.39 is 5.41 Å². The van der Waals surface area contributed by atoms with Crippen LogP contribution in [-0.2, 0) is 16.6 Å². The van der Waals surface area contributed by atoms with E-state index in [1.165, 1.54) is 17.7 Å². The van der Waals surface area contributed by atoms with Gasteiger partial charge in [-0.3, -0.25) is 4.79 Å². The number of hydrogen-bond acceptors (Lipinski definition) is 2. The van der Waals surface area contributed by atoms with Gasteiger partial charge in [0.15, 0.2) is 0 Å². The Morgan fingerprint density at radius 1 is 1.25 bits per heavy atom. The first-order valence-corrected chi connectivity index (χ1v) is 7.70. The first kappa shape index (κ1) is 13.3. The molecule has 0 atom stereocenters. The van der Waals surface area contributed by atoms with Gasteiger partial charge < -0.3 is 5.32 Å². The van der Waals surface area contributed by atoms with Crippen LogP contribution in [0.4, 0.5) is 4.39 Å². The number of hydrogen-bond donors (Lipinski definition) is 1. The normalized spacial score (nSPS) is 15.8. The van der Waals surface area contributed by atoms with Gasteiger partial charge >= 0.3 is 0 Å². The Hall–Kier alpha value is -1.68. The summed E-state index contributed by atoms with van der Waals surface area (Å²) in [5.74, 6) is -0.193. The summed E-state index contributed by atoms with van der Waals surface area (Å²) in [5, 5.41) is 7.14. The van der Waals surface area contributed by atoms with E-state index in [1.54, 1.807) is 23.5 Å². The monoisotopic (exact) mass is 289 g/mol. The van der Waals surface area contributed by atoms with Crippen LogP contribution < -0.4 is 5.32 Å². The molecule has 0 spiro atoms. The minimum absolute atomic E-state index is 0.0688. The first-order chi connectivity index (χ1) is 9.71. The number of carbonyl (C=O) groups excluding carboxylic acids is 1. The Morgan fingerprint density at radius 3 is 2.60 bits per heavy atom. The Balaban J connectivity index is 1.60. The van der Waals surface area contributed by atoms with Crippen molar-refractivity contribution in [3.63, 3.8) is 0 Å². The molecule has 4 heteroatoms. The summed E-state index contributed by atoms with van der Waals surface area (Å²) >= 11 is 1.67. The summed E-state index contributed by atoms with van der Waals surface area (Å²) in [6, 6.07) is 8.37. The van der Waals surface area contributed by atoms with Crippen LogP contribution in [0.1, 0.15) is 24.0 Å². The molecule has 1 aliphatic carbocycles. The fourth-order valence-corrected chi connectivity index (χ4v) is 3.17. The van der Waals surface area contributed by atoms with Crippen LogP contribution >= 0.6 is 11.3 Å². The number of thiophene rings is 1. The van der Waals surface area contributed by atoms with Crippen molar-refractivity contribution in [1.82, 2.24) is 5.32 Å². The predicted octanol–water partition coefficient (Wildman–Crippen LogP) is 3.28. The molecule has 0 unspecified atom stereocenters. The zero-order chi connectivity index (χ0) is 14.0. The molecule has 0 radical (unpaired) electrons. The van der Waals surface area contributed by atoms with Gasteiger partial charge in [-0.05, 0) is 59.3 Å². The fourth-order valence-electron chi connectivity index (χ4n) is 2.47. The summed E-state index contributed by atoms with van der Waals surface area (Å²) in [5.41, 5.74) is 1.76. The molecule has 1 amide bonds. The van der Waals surface area contributed by atoms with Crippen molar-refractivity contribution < 1.29 is 9.18 Å². The summed E-state index contributed by atoms with van der Waals surface area (Å²) in [4.78, 5) is 12.3. The molecule has 2 nitrogen and oxygen atoms in total. The number of benzene rings is 1. The molecule has 1 fully saturated rings. The zero-order valence-corrected chi connectivity index (χ0v) is 11.9. The minimum atomic E-state index is -0.414. The molecule has 1 aromatic heterocycles. The third kappa shape index (κ3) is 2.61. The summed E-state index contributed by atoms with van der Waals surface area (Å²) in [6.45, 7) is 0.651. The second-order valence-electron chi connectivity index (χ2n) is 5.23. The van der Waals surface area contributed by atoms with Gasteiger partial charge in [0, 0.05) is 6.54 Å². The molecule has 0 bridgehead atoms. The van der Waals surface area contributed by atoms with Gasteiger partial charge in [0.2, 0.25) is 5.91 Å². The fraction of sp³-hybridized carbons (Fsp3) is 0.312. The lowest BCUT2D eigenvalue weighted by Gasteiger charge is -2.15. The molecule has 3 rings (SSSR count). The Bertz CT molecular complexity index is 587. The lowest BCUT2D eigenvalue weighted by molar-refractivity contribution is -0.123. The molecular formula is C16H16FNOS. The second-order valence-corrected chi connectivity index (χ2v) is 6.01. The lowest BCUT2D eigenvalue weighted by atomic mass is 9.95. The van der Waals surface area contributed by atoms with Crippen molar-refractivity contribution in [2.24, 2.45) is 0 Å². The number of nitrogens with one attached hydrogen (secondary N) is 1. The standard InChI is InChI=1S/C16H16FNOS/c17-14-3-1-13(2-4-14)16(7-8-16)15(19)18-9-5-12-6-10-20-11-12/h1-4,6,10-11H,5,7-9H2,(H,18,19). The van der Waals surface area contributed by atoms with Crippen LogP contribution in [0.5, 0.6) is 0 Å².